The van der Waals surface area contributed by atoms with E-state index in [1.54, 1.807) is 0 Å². The van der Waals surface area contributed by atoms with Gasteiger partial charge in [0, 0.05) is 6.42 Å². The molecule has 0 saturated carbocycles. The summed E-state index contributed by atoms with van der Waals surface area (Å²) in [4.78, 5) is 0. The van der Waals surface area contributed by atoms with Crippen LogP contribution >= 0.6 is 0 Å². The van der Waals surface area contributed by atoms with E-state index in [0.29, 0.717) is 6.42 Å². The van der Waals surface area contributed by atoms with E-state index in [9.17, 15) is 10.0 Å². The Labute approximate surface area is 120 Å². The zero-order chi connectivity index (χ0) is 14.6. The Morgan fingerprint density at radius 1 is 1.00 bits per heavy atom. The fourth-order valence-corrected chi connectivity index (χ4v) is 2.41. The molecule has 0 aromatic heterocycles. The summed E-state index contributed by atoms with van der Waals surface area (Å²) >= 11 is 0. The SMILES string of the molecule is Cc1ccccc1CC(C)(OB(O)O)c1ccccc1. The Morgan fingerprint density at radius 2 is 1.60 bits per heavy atom. The molecule has 0 aliphatic rings. The normalized spacial score (nSPS) is 13.8. The molecule has 0 fully saturated rings. The van der Waals surface area contributed by atoms with Crippen LogP contribution in [-0.4, -0.2) is 17.4 Å². The highest BCUT2D eigenvalue weighted by Crippen LogP contribution is 2.30. The van der Waals surface area contributed by atoms with E-state index in [0.717, 1.165) is 16.7 Å². The number of rotatable bonds is 5. The molecule has 2 rings (SSSR count). The summed E-state index contributed by atoms with van der Waals surface area (Å²) in [7, 11) is -1.80. The van der Waals surface area contributed by atoms with Crippen LogP contribution in [0.1, 0.15) is 23.6 Å². The highest BCUT2D eigenvalue weighted by Gasteiger charge is 2.32. The molecule has 1 unspecified atom stereocenters. The number of hydrogen-bond acceptors (Lipinski definition) is 3. The Kier molecular flexibility index (Phi) is 4.60. The predicted molar refractivity (Wildman–Crippen MR) is 80.0 cm³/mol. The maximum absolute atomic E-state index is 9.23. The van der Waals surface area contributed by atoms with E-state index in [1.807, 2.05) is 68.4 Å². The summed E-state index contributed by atoms with van der Waals surface area (Å²) in [5, 5.41) is 18.5. The quantitative estimate of drug-likeness (QED) is 0.820. The molecule has 2 aromatic carbocycles. The monoisotopic (exact) mass is 270 g/mol. The topological polar surface area (TPSA) is 49.7 Å². The minimum atomic E-state index is -1.80. The van der Waals surface area contributed by atoms with Crippen molar-refractivity contribution < 1.29 is 14.7 Å². The Hall–Kier alpha value is -1.62. The minimum Gasteiger partial charge on any atom is -0.402 e. The van der Waals surface area contributed by atoms with E-state index in [-0.39, 0.29) is 0 Å². The van der Waals surface area contributed by atoms with Gasteiger partial charge in [-0.05, 0) is 30.5 Å². The van der Waals surface area contributed by atoms with Gasteiger partial charge in [0.05, 0.1) is 5.60 Å². The van der Waals surface area contributed by atoms with Crippen molar-refractivity contribution in [2.45, 2.75) is 25.9 Å². The highest BCUT2D eigenvalue weighted by atomic mass is 16.6. The fourth-order valence-electron chi connectivity index (χ4n) is 2.41. The second-order valence-electron chi connectivity index (χ2n) is 5.14. The summed E-state index contributed by atoms with van der Waals surface area (Å²) < 4.78 is 5.39. The summed E-state index contributed by atoms with van der Waals surface area (Å²) in [6.45, 7) is 3.91. The second kappa shape index (κ2) is 6.22. The van der Waals surface area contributed by atoms with Crippen LogP contribution in [0.15, 0.2) is 54.6 Å². The summed E-state index contributed by atoms with van der Waals surface area (Å²) in [6.07, 6.45) is 0.571. The van der Waals surface area contributed by atoms with E-state index in [2.05, 4.69) is 0 Å². The van der Waals surface area contributed by atoms with Gasteiger partial charge in [0.2, 0.25) is 0 Å². The molecule has 0 aliphatic carbocycles. The van der Waals surface area contributed by atoms with E-state index in [1.165, 1.54) is 0 Å². The molecule has 0 aliphatic heterocycles. The molecule has 2 N–H and O–H groups in total. The molecule has 0 bridgehead atoms. The second-order valence-corrected chi connectivity index (χ2v) is 5.14. The van der Waals surface area contributed by atoms with Crippen molar-refractivity contribution in [3.63, 3.8) is 0 Å². The Bertz CT molecular complexity index is 557. The lowest BCUT2D eigenvalue weighted by Crippen LogP contribution is -2.36. The van der Waals surface area contributed by atoms with Crippen LogP contribution in [0.25, 0.3) is 0 Å². The van der Waals surface area contributed by atoms with Crippen LogP contribution in [0.3, 0.4) is 0 Å². The van der Waals surface area contributed by atoms with Gasteiger partial charge in [-0.1, -0.05) is 54.6 Å². The average Bonchev–Trinajstić information content (AvgIpc) is 2.42. The van der Waals surface area contributed by atoms with Gasteiger partial charge < -0.3 is 14.7 Å². The Balaban J connectivity index is 2.35. The first kappa shape index (κ1) is 14.8. The molecule has 0 saturated heterocycles. The lowest BCUT2D eigenvalue weighted by atomic mass is 9.86. The third-order valence-electron chi connectivity index (χ3n) is 3.54. The van der Waals surface area contributed by atoms with Gasteiger partial charge in [-0.15, -0.1) is 0 Å². The molecule has 4 heteroatoms. The van der Waals surface area contributed by atoms with Gasteiger partial charge in [-0.3, -0.25) is 0 Å². The predicted octanol–water partition coefficient (Wildman–Crippen LogP) is 2.44. The summed E-state index contributed by atoms with van der Waals surface area (Å²) in [6, 6.07) is 17.6. The third kappa shape index (κ3) is 3.48. The lowest BCUT2D eigenvalue weighted by molar-refractivity contribution is 0.0311. The van der Waals surface area contributed by atoms with Gasteiger partial charge in [-0.25, -0.2) is 0 Å². The number of hydrogen-bond donors (Lipinski definition) is 2. The highest BCUT2D eigenvalue weighted by molar-refractivity contribution is 6.32. The maximum atomic E-state index is 9.23. The van der Waals surface area contributed by atoms with Crippen LogP contribution in [0.2, 0.25) is 0 Å². The fraction of sp³-hybridized carbons (Fsp3) is 0.250. The standard InChI is InChI=1S/C16H19BO3/c1-13-8-6-7-9-14(13)12-16(2,20-17(18)19)15-10-4-3-5-11-15/h3-11,18-19H,12H2,1-2H3. The van der Waals surface area contributed by atoms with Crippen molar-refractivity contribution in [2.24, 2.45) is 0 Å². The van der Waals surface area contributed by atoms with Crippen molar-refractivity contribution in [1.82, 2.24) is 0 Å². The Morgan fingerprint density at radius 3 is 2.20 bits per heavy atom. The van der Waals surface area contributed by atoms with Gasteiger partial charge in [0.15, 0.2) is 0 Å². The van der Waals surface area contributed by atoms with E-state index in [4.69, 9.17) is 4.65 Å². The van der Waals surface area contributed by atoms with Crippen molar-refractivity contribution in [2.75, 3.05) is 0 Å². The average molecular weight is 270 g/mol. The van der Waals surface area contributed by atoms with Crippen LogP contribution in [0, 0.1) is 6.92 Å². The molecule has 0 radical (unpaired) electrons. The summed E-state index contributed by atoms with van der Waals surface area (Å²) in [5.74, 6) is 0. The minimum absolute atomic E-state index is 0.571. The smallest absolute Gasteiger partial charge is 0.402 e. The lowest BCUT2D eigenvalue weighted by Gasteiger charge is -2.31. The van der Waals surface area contributed by atoms with Gasteiger partial charge >= 0.3 is 7.32 Å². The molecule has 0 heterocycles. The van der Waals surface area contributed by atoms with E-state index >= 15 is 0 Å². The van der Waals surface area contributed by atoms with E-state index < -0.39 is 12.9 Å². The molecule has 1 atom stereocenters. The van der Waals surface area contributed by atoms with Crippen LogP contribution in [0.5, 0.6) is 0 Å². The van der Waals surface area contributed by atoms with Gasteiger partial charge in [-0.2, -0.15) is 0 Å². The first-order valence-electron chi connectivity index (χ1n) is 6.65. The van der Waals surface area contributed by atoms with Crippen LogP contribution in [-0.2, 0) is 16.7 Å². The maximum Gasteiger partial charge on any atom is 0.634 e. The van der Waals surface area contributed by atoms with Crippen molar-refractivity contribution in [3.05, 3.63) is 71.3 Å². The largest absolute Gasteiger partial charge is 0.634 e. The molecule has 2 aromatic rings. The zero-order valence-electron chi connectivity index (χ0n) is 11.8. The molecular weight excluding hydrogens is 251 g/mol. The molecular formula is C16H19BO3. The van der Waals surface area contributed by atoms with Crippen molar-refractivity contribution in [1.29, 1.82) is 0 Å². The summed E-state index contributed by atoms with van der Waals surface area (Å²) in [5.41, 5.74) is 2.41. The molecule has 0 spiro atoms. The van der Waals surface area contributed by atoms with Gasteiger partial charge in [0.25, 0.3) is 0 Å². The molecule has 104 valence electrons. The number of benzene rings is 2. The first-order valence-corrected chi connectivity index (χ1v) is 6.65. The van der Waals surface area contributed by atoms with Gasteiger partial charge in [0.1, 0.15) is 0 Å². The van der Waals surface area contributed by atoms with Crippen LogP contribution < -0.4 is 0 Å². The molecule has 20 heavy (non-hydrogen) atoms. The van der Waals surface area contributed by atoms with Crippen molar-refractivity contribution in [3.8, 4) is 0 Å². The third-order valence-corrected chi connectivity index (χ3v) is 3.54. The molecule has 0 amide bonds. The molecule has 3 nitrogen and oxygen atoms in total. The zero-order valence-corrected chi connectivity index (χ0v) is 11.8. The van der Waals surface area contributed by atoms with Crippen LogP contribution in [0.4, 0.5) is 0 Å². The van der Waals surface area contributed by atoms with Crippen molar-refractivity contribution >= 4 is 7.32 Å². The first-order chi connectivity index (χ1) is 9.51. The number of aryl methyl sites for hydroxylation is 1.